The molecular formula is C24H30N6O3S. The molecule has 0 bridgehead atoms. The van der Waals surface area contributed by atoms with Crippen molar-refractivity contribution in [3.63, 3.8) is 0 Å². The van der Waals surface area contributed by atoms with Crippen LogP contribution in [-0.2, 0) is 15.3 Å². The number of hydrogen-bond donors (Lipinski definition) is 2. The van der Waals surface area contributed by atoms with Crippen LogP contribution in [0.5, 0.6) is 0 Å². The molecule has 10 heteroatoms. The Morgan fingerprint density at radius 1 is 1.26 bits per heavy atom. The third-order valence-electron chi connectivity index (χ3n) is 6.18. The van der Waals surface area contributed by atoms with Gasteiger partial charge in [0.1, 0.15) is 0 Å². The van der Waals surface area contributed by atoms with Crippen molar-refractivity contribution in [1.82, 2.24) is 30.2 Å². The van der Waals surface area contributed by atoms with Crippen molar-refractivity contribution in [2.45, 2.75) is 58.3 Å². The maximum atomic E-state index is 13.8. The summed E-state index contributed by atoms with van der Waals surface area (Å²) in [5.41, 5.74) is 3.33. The van der Waals surface area contributed by atoms with Crippen LogP contribution in [-0.4, -0.2) is 54.4 Å². The number of aromatic nitrogens is 4. The van der Waals surface area contributed by atoms with Gasteiger partial charge in [0.15, 0.2) is 0 Å². The zero-order chi connectivity index (χ0) is 24.5. The molecule has 1 aliphatic rings. The van der Waals surface area contributed by atoms with Crippen molar-refractivity contribution in [3.8, 4) is 10.4 Å². The van der Waals surface area contributed by atoms with E-state index in [-0.39, 0.29) is 37.3 Å². The lowest BCUT2D eigenvalue weighted by molar-refractivity contribution is -0.153. The second kappa shape index (κ2) is 9.63. The summed E-state index contributed by atoms with van der Waals surface area (Å²) >= 11 is 1.59. The molecule has 1 aliphatic heterocycles. The van der Waals surface area contributed by atoms with Gasteiger partial charge in [-0.05, 0) is 30.9 Å². The van der Waals surface area contributed by atoms with Gasteiger partial charge in [-0.25, -0.2) is 9.67 Å². The van der Waals surface area contributed by atoms with E-state index >= 15 is 0 Å². The number of β-amino-alcohol motifs (C(OH)–C–C–N with tert-alkyl or cyclic N) is 1. The van der Waals surface area contributed by atoms with Crippen molar-refractivity contribution >= 4 is 23.2 Å². The summed E-state index contributed by atoms with van der Waals surface area (Å²) in [4.78, 5) is 33.8. The maximum absolute atomic E-state index is 13.8. The van der Waals surface area contributed by atoms with E-state index in [0.29, 0.717) is 0 Å². The largest absolute Gasteiger partial charge is 0.391 e. The number of carbonyl (C=O) groups excluding carboxylic acids is 2. The highest BCUT2D eigenvalue weighted by atomic mass is 32.1. The van der Waals surface area contributed by atoms with Gasteiger partial charge in [0.25, 0.3) is 5.91 Å². The average Bonchev–Trinajstić information content (AvgIpc) is 3.53. The number of aryl methyl sites for hydroxylation is 1. The Labute approximate surface area is 202 Å². The zero-order valence-electron chi connectivity index (χ0n) is 19.8. The normalized spacial score (nSPS) is 21.1. The lowest BCUT2D eigenvalue weighted by Gasteiger charge is -2.37. The number of nitrogens with one attached hydrogen (secondary N) is 1. The molecule has 9 nitrogen and oxygen atoms in total. The number of aliphatic hydroxyl groups excluding tert-OH is 1. The Morgan fingerprint density at radius 3 is 2.59 bits per heavy atom. The van der Waals surface area contributed by atoms with Crippen LogP contribution in [0.25, 0.3) is 10.4 Å². The van der Waals surface area contributed by atoms with Gasteiger partial charge in [-0.3, -0.25) is 9.59 Å². The highest BCUT2D eigenvalue weighted by Gasteiger charge is 2.55. The quantitative estimate of drug-likeness (QED) is 0.535. The minimum Gasteiger partial charge on any atom is -0.391 e. The summed E-state index contributed by atoms with van der Waals surface area (Å²) in [6.07, 6.45) is 2.49. The molecule has 34 heavy (non-hydrogen) atoms. The standard InChI is InChI=1S/C24H30N6O3S/c1-15(2)11-21(32)29-13-20(31)12-24(29,30-10-9-26-28-30)23(33)27-16(3)18-5-7-19(8-6-18)22-17(4)25-14-34-22/h5-10,14-16,20,31H,11-13H2,1-4H3,(H,27,33)/t16-,20?,24?/m0/s1. The second-order valence-electron chi connectivity index (χ2n) is 9.21. The number of hydrogen-bond acceptors (Lipinski definition) is 7. The van der Waals surface area contributed by atoms with Crippen LogP contribution >= 0.6 is 11.3 Å². The fourth-order valence-electron chi connectivity index (χ4n) is 4.47. The number of likely N-dealkylation sites (tertiary alicyclic amines) is 1. The van der Waals surface area contributed by atoms with E-state index in [0.717, 1.165) is 21.7 Å². The first-order chi connectivity index (χ1) is 16.2. The predicted molar refractivity (Wildman–Crippen MR) is 129 cm³/mol. The SMILES string of the molecule is Cc1ncsc1-c1ccc([C@H](C)NC(=O)C2(n3ccnn3)CC(O)CN2C(=O)CC(C)C)cc1. The highest BCUT2D eigenvalue weighted by Crippen LogP contribution is 2.36. The molecule has 2 N–H and O–H groups in total. The number of thiazole rings is 1. The van der Waals surface area contributed by atoms with E-state index in [1.54, 1.807) is 17.5 Å². The molecule has 4 rings (SSSR count). The van der Waals surface area contributed by atoms with E-state index in [1.807, 2.05) is 57.5 Å². The molecule has 2 aromatic heterocycles. The maximum Gasteiger partial charge on any atom is 0.269 e. The van der Waals surface area contributed by atoms with Crippen molar-refractivity contribution < 1.29 is 14.7 Å². The molecule has 0 aliphatic carbocycles. The Morgan fingerprint density at radius 2 is 2.00 bits per heavy atom. The first kappa shape index (κ1) is 24.0. The Kier molecular flexibility index (Phi) is 6.81. The van der Waals surface area contributed by atoms with E-state index in [9.17, 15) is 14.7 Å². The van der Waals surface area contributed by atoms with Crippen molar-refractivity contribution in [1.29, 1.82) is 0 Å². The predicted octanol–water partition coefficient (Wildman–Crippen LogP) is 2.88. The Hall–Kier alpha value is -3.11. The summed E-state index contributed by atoms with van der Waals surface area (Å²) in [5, 5.41) is 21.5. The van der Waals surface area contributed by atoms with Crippen LogP contribution in [0.3, 0.4) is 0 Å². The Balaban J connectivity index is 1.60. The molecule has 2 unspecified atom stereocenters. The highest BCUT2D eigenvalue weighted by molar-refractivity contribution is 7.13. The van der Waals surface area contributed by atoms with Gasteiger partial charge in [-0.1, -0.05) is 43.3 Å². The third-order valence-corrected chi connectivity index (χ3v) is 7.15. The van der Waals surface area contributed by atoms with Crippen molar-refractivity contribution in [3.05, 3.63) is 53.4 Å². The molecule has 3 atom stereocenters. The molecule has 1 aromatic carbocycles. The summed E-state index contributed by atoms with van der Waals surface area (Å²) < 4.78 is 1.39. The van der Waals surface area contributed by atoms with Crippen molar-refractivity contribution in [2.24, 2.45) is 5.92 Å². The number of amides is 2. The first-order valence-corrected chi connectivity index (χ1v) is 12.3. The number of carbonyl (C=O) groups is 2. The van der Waals surface area contributed by atoms with E-state index < -0.39 is 17.7 Å². The van der Waals surface area contributed by atoms with Gasteiger partial charge < -0.3 is 15.3 Å². The molecule has 0 saturated carbocycles. The van der Waals surface area contributed by atoms with Gasteiger partial charge in [0, 0.05) is 25.6 Å². The molecule has 3 heterocycles. The van der Waals surface area contributed by atoms with Crippen molar-refractivity contribution in [2.75, 3.05) is 6.54 Å². The molecular weight excluding hydrogens is 452 g/mol. The van der Waals surface area contributed by atoms with Crippen LogP contribution in [0.15, 0.2) is 42.2 Å². The molecule has 3 aromatic rings. The molecule has 0 spiro atoms. The minimum absolute atomic E-state index is 0.0440. The summed E-state index contributed by atoms with van der Waals surface area (Å²) in [6, 6.07) is 7.66. The van der Waals surface area contributed by atoms with Gasteiger partial charge in [0.2, 0.25) is 11.6 Å². The molecule has 1 fully saturated rings. The van der Waals surface area contributed by atoms with Crippen LogP contribution in [0, 0.1) is 12.8 Å². The smallest absolute Gasteiger partial charge is 0.269 e. The van der Waals surface area contributed by atoms with E-state index in [1.165, 1.54) is 15.8 Å². The van der Waals surface area contributed by atoms with Crippen LogP contribution < -0.4 is 5.32 Å². The van der Waals surface area contributed by atoms with Gasteiger partial charge >= 0.3 is 0 Å². The number of benzene rings is 1. The lowest BCUT2D eigenvalue weighted by Crippen LogP contribution is -2.59. The zero-order valence-corrected chi connectivity index (χ0v) is 20.6. The average molecular weight is 483 g/mol. The fourth-order valence-corrected chi connectivity index (χ4v) is 5.28. The van der Waals surface area contributed by atoms with Crippen LogP contribution in [0.2, 0.25) is 0 Å². The minimum atomic E-state index is -1.48. The van der Waals surface area contributed by atoms with Gasteiger partial charge in [-0.15, -0.1) is 16.4 Å². The third kappa shape index (κ3) is 4.47. The molecule has 1 saturated heterocycles. The van der Waals surface area contributed by atoms with Gasteiger partial charge in [-0.2, -0.15) is 0 Å². The van der Waals surface area contributed by atoms with Gasteiger partial charge in [0.05, 0.1) is 34.4 Å². The van der Waals surface area contributed by atoms with E-state index in [4.69, 9.17) is 0 Å². The molecule has 180 valence electrons. The summed E-state index contributed by atoms with van der Waals surface area (Å²) in [7, 11) is 0. The first-order valence-electron chi connectivity index (χ1n) is 11.4. The Bertz CT molecular complexity index is 1140. The lowest BCUT2D eigenvalue weighted by atomic mass is 10.0. The number of nitrogens with zero attached hydrogens (tertiary/aromatic N) is 5. The summed E-state index contributed by atoms with van der Waals surface area (Å²) in [6.45, 7) is 7.83. The summed E-state index contributed by atoms with van der Waals surface area (Å²) in [5.74, 6) is -0.489. The number of aliphatic hydroxyl groups is 1. The topological polar surface area (TPSA) is 113 Å². The fraction of sp³-hybridized carbons (Fsp3) is 0.458. The van der Waals surface area contributed by atoms with E-state index in [2.05, 4.69) is 20.6 Å². The molecule has 2 amide bonds. The van der Waals surface area contributed by atoms with Crippen LogP contribution in [0.1, 0.15) is 50.9 Å². The second-order valence-corrected chi connectivity index (χ2v) is 10.1. The molecule has 0 radical (unpaired) electrons. The number of rotatable bonds is 7. The monoisotopic (exact) mass is 482 g/mol. The van der Waals surface area contributed by atoms with Crippen LogP contribution in [0.4, 0.5) is 0 Å².